The molecule has 1 aromatic heterocycles. The molecule has 0 saturated heterocycles. The molecule has 0 aliphatic heterocycles. The number of anilines is 1. The zero-order valence-corrected chi connectivity index (χ0v) is 12.5. The first-order valence-corrected chi connectivity index (χ1v) is 7.06. The molecule has 0 bridgehead atoms. The molecule has 4 nitrogen and oxygen atoms in total. The quantitative estimate of drug-likeness (QED) is 0.695. The Morgan fingerprint density at radius 2 is 1.95 bits per heavy atom. The minimum absolute atomic E-state index is 0.157. The highest BCUT2D eigenvalue weighted by atomic mass is 16.5. The Bertz CT molecular complexity index is 354. The van der Waals surface area contributed by atoms with Crippen molar-refractivity contribution in [2.75, 3.05) is 18.5 Å². The van der Waals surface area contributed by atoms with Crippen molar-refractivity contribution in [1.29, 1.82) is 0 Å². The van der Waals surface area contributed by atoms with Crippen LogP contribution in [0.15, 0.2) is 18.3 Å². The topological polar surface area (TPSA) is 43.4 Å². The summed E-state index contributed by atoms with van der Waals surface area (Å²) in [5, 5.41) is 3.32. The van der Waals surface area contributed by atoms with Crippen LogP contribution in [0.1, 0.15) is 40.5 Å². The molecule has 0 saturated carbocycles. The van der Waals surface area contributed by atoms with E-state index in [9.17, 15) is 0 Å². The molecular weight excluding hydrogens is 240 g/mol. The minimum atomic E-state index is 0.157. The van der Waals surface area contributed by atoms with Crippen LogP contribution in [-0.2, 0) is 4.74 Å². The lowest BCUT2D eigenvalue weighted by Gasteiger charge is -2.14. The van der Waals surface area contributed by atoms with Gasteiger partial charge in [0, 0.05) is 19.3 Å². The van der Waals surface area contributed by atoms with E-state index in [1.165, 1.54) is 0 Å². The lowest BCUT2D eigenvalue weighted by Crippen LogP contribution is -2.11. The highest BCUT2D eigenvalue weighted by Gasteiger charge is 2.05. The molecule has 1 rings (SSSR count). The van der Waals surface area contributed by atoms with Crippen molar-refractivity contribution in [2.24, 2.45) is 0 Å². The first-order valence-electron chi connectivity index (χ1n) is 7.06. The van der Waals surface area contributed by atoms with E-state index in [-0.39, 0.29) is 6.10 Å². The Labute approximate surface area is 116 Å². The largest absolute Gasteiger partial charge is 0.487 e. The van der Waals surface area contributed by atoms with E-state index in [0.29, 0.717) is 6.10 Å². The number of hydrogen-bond acceptors (Lipinski definition) is 4. The van der Waals surface area contributed by atoms with Gasteiger partial charge in [0.1, 0.15) is 0 Å². The van der Waals surface area contributed by atoms with Gasteiger partial charge in [0.25, 0.3) is 0 Å². The van der Waals surface area contributed by atoms with Gasteiger partial charge in [-0.1, -0.05) is 0 Å². The van der Waals surface area contributed by atoms with E-state index in [0.717, 1.165) is 37.6 Å². The fraction of sp³-hybridized carbons (Fsp3) is 0.667. The Morgan fingerprint density at radius 3 is 2.63 bits per heavy atom. The summed E-state index contributed by atoms with van der Waals surface area (Å²) in [6, 6.07) is 3.83. The molecule has 0 atom stereocenters. The van der Waals surface area contributed by atoms with Gasteiger partial charge in [-0.25, -0.2) is 4.98 Å². The predicted octanol–water partition coefficient (Wildman–Crippen LogP) is 3.49. The summed E-state index contributed by atoms with van der Waals surface area (Å²) in [6.45, 7) is 9.84. The molecule has 0 fully saturated rings. The van der Waals surface area contributed by atoms with Crippen molar-refractivity contribution in [2.45, 2.75) is 52.7 Å². The van der Waals surface area contributed by atoms with Crippen molar-refractivity contribution < 1.29 is 9.47 Å². The zero-order chi connectivity index (χ0) is 14.1. The van der Waals surface area contributed by atoms with Crippen LogP contribution in [0.25, 0.3) is 0 Å². The van der Waals surface area contributed by atoms with Crippen molar-refractivity contribution in [3.05, 3.63) is 18.3 Å². The van der Waals surface area contributed by atoms with Gasteiger partial charge < -0.3 is 14.8 Å². The van der Waals surface area contributed by atoms with Crippen molar-refractivity contribution >= 4 is 5.82 Å². The van der Waals surface area contributed by atoms with Gasteiger partial charge in [-0.2, -0.15) is 0 Å². The maximum Gasteiger partial charge on any atom is 0.168 e. The third-order valence-corrected chi connectivity index (χ3v) is 2.45. The number of hydrogen-bond donors (Lipinski definition) is 1. The SMILES string of the molecule is CC(C)OCCCCNc1ncccc1OC(C)C. The van der Waals surface area contributed by atoms with Crippen LogP contribution in [-0.4, -0.2) is 30.3 Å². The standard InChI is InChI=1S/C15H26N2O2/c1-12(2)18-11-6-5-9-16-15-14(19-13(3)4)8-7-10-17-15/h7-8,10,12-13H,5-6,9,11H2,1-4H3,(H,16,17). The molecule has 0 radical (unpaired) electrons. The number of pyridine rings is 1. The first-order chi connectivity index (χ1) is 9.09. The van der Waals surface area contributed by atoms with Crippen LogP contribution in [0.5, 0.6) is 5.75 Å². The minimum Gasteiger partial charge on any atom is -0.487 e. The lowest BCUT2D eigenvalue weighted by atomic mass is 10.3. The van der Waals surface area contributed by atoms with Crippen molar-refractivity contribution in [1.82, 2.24) is 4.98 Å². The molecular formula is C15H26N2O2. The van der Waals surface area contributed by atoms with E-state index in [1.54, 1.807) is 6.20 Å². The number of rotatable bonds is 9. The maximum absolute atomic E-state index is 5.71. The number of nitrogens with one attached hydrogen (secondary N) is 1. The summed E-state index contributed by atoms with van der Waals surface area (Å²) in [6.07, 6.45) is 4.36. The van der Waals surface area contributed by atoms with Gasteiger partial charge in [0.15, 0.2) is 11.6 Å². The van der Waals surface area contributed by atoms with Gasteiger partial charge in [-0.05, 0) is 52.7 Å². The molecule has 1 aromatic rings. The Morgan fingerprint density at radius 1 is 1.16 bits per heavy atom. The van der Waals surface area contributed by atoms with Crippen molar-refractivity contribution in [3.63, 3.8) is 0 Å². The summed E-state index contributed by atoms with van der Waals surface area (Å²) < 4.78 is 11.2. The molecule has 0 aromatic carbocycles. The number of ether oxygens (including phenoxy) is 2. The second kappa shape index (κ2) is 8.75. The Hall–Kier alpha value is -1.29. The number of nitrogens with zero attached hydrogens (tertiary/aromatic N) is 1. The van der Waals surface area contributed by atoms with Gasteiger partial charge >= 0.3 is 0 Å². The van der Waals surface area contributed by atoms with Crippen LogP contribution < -0.4 is 10.1 Å². The average Bonchev–Trinajstić information content (AvgIpc) is 2.34. The fourth-order valence-electron chi connectivity index (χ4n) is 1.63. The smallest absolute Gasteiger partial charge is 0.168 e. The lowest BCUT2D eigenvalue weighted by molar-refractivity contribution is 0.0765. The highest BCUT2D eigenvalue weighted by Crippen LogP contribution is 2.21. The van der Waals surface area contributed by atoms with E-state index in [2.05, 4.69) is 24.1 Å². The second-order valence-electron chi connectivity index (χ2n) is 5.07. The summed E-state index contributed by atoms with van der Waals surface area (Å²) in [4.78, 5) is 4.31. The predicted molar refractivity (Wildman–Crippen MR) is 78.8 cm³/mol. The molecule has 1 heterocycles. The second-order valence-corrected chi connectivity index (χ2v) is 5.07. The van der Waals surface area contributed by atoms with E-state index >= 15 is 0 Å². The molecule has 0 aliphatic rings. The number of aromatic nitrogens is 1. The zero-order valence-electron chi connectivity index (χ0n) is 12.5. The summed E-state index contributed by atoms with van der Waals surface area (Å²) in [7, 11) is 0. The van der Waals surface area contributed by atoms with Crippen LogP contribution in [0.3, 0.4) is 0 Å². The van der Waals surface area contributed by atoms with Gasteiger partial charge in [0.05, 0.1) is 12.2 Å². The normalized spacial score (nSPS) is 11.1. The molecule has 108 valence electrons. The molecule has 4 heteroatoms. The molecule has 0 aliphatic carbocycles. The average molecular weight is 266 g/mol. The van der Waals surface area contributed by atoms with E-state index in [4.69, 9.17) is 9.47 Å². The van der Waals surface area contributed by atoms with Gasteiger partial charge in [-0.15, -0.1) is 0 Å². The maximum atomic E-state index is 5.71. The first kappa shape index (κ1) is 15.8. The van der Waals surface area contributed by atoms with Crippen molar-refractivity contribution in [3.8, 4) is 5.75 Å². The Kier molecular flexibility index (Phi) is 7.26. The third kappa shape index (κ3) is 7.01. The molecule has 0 unspecified atom stereocenters. The van der Waals surface area contributed by atoms with Crippen LogP contribution in [0.4, 0.5) is 5.82 Å². The monoisotopic (exact) mass is 266 g/mol. The third-order valence-electron chi connectivity index (χ3n) is 2.45. The fourth-order valence-corrected chi connectivity index (χ4v) is 1.63. The molecule has 1 N–H and O–H groups in total. The van der Waals surface area contributed by atoms with E-state index < -0.39 is 0 Å². The summed E-state index contributed by atoms with van der Waals surface area (Å²) in [5.41, 5.74) is 0. The van der Waals surface area contributed by atoms with Gasteiger partial charge in [-0.3, -0.25) is 0 Å². The van der Waals surface area contributed by atoms with E-state index in [1.807, 2.05) is 26.0 Å². The molecule has 19 heavy (non-hydrogen) atoms. The summed E-state index contributed by atoms with van der Waals surface area (Å²) >= 11 is 0. The van der Waals surface area contributed by atoms with Gasteiger partial charge in [0.2, 0.25) is 0 Å². The van der Waals surface area contributed by atoms with Crippen LogP contribution in [0.2, 0.25) is 0 Å². The molecule has 0 amide bonds. The number of unbranched alkanes of at least 4 members (excludes halogenated alkanes) is 1. The van der Waals surface area contributed by atoms with Crippen LogP contribution in [0, 0.1) is 0 Å². The Balaban J connectivity index is 2.28. The summed E-state index contributed by atoms with van der Waals surface area (Å²) in [5.74, 6) is 1.64. The van der Waals surface area contributed by atoms with Crippen LogP contribution >= 0.6 is 0 Å². The highest BCUT2D eigenvalue weighted by molar-refractivity contribution is 5.49. The molecule has 0 spiro atoms.